The van der Waals surface area contributed by atoms with Crippen LogP contribution in [-0.4, -0.2) is 26.3 Å². The van der Waals surface area contributed by atoms with Crippen molar-refractivity contribution in [3.63, 3.8) is 0 Å². The summed E-state index contributed by atoms with van der Waals surface area (Å²) in [6.07, 6.45) is 0.636. The molecule has 36 heavy (non-hydrogen) atoms. The minimum absolute atomic E-state index is 0.0136. The zero-order chi connectivity index (χ0) is 25.1. The summed E-state index contributed by atoms with van der Waals surface area (Å²) in [6, 6.07) is 24.5. The van der Waals surface area contributed by atoms with Gasteiger partial charge in [-0.2, -0.15) is 0 Å². The van der Waals surface area contributed by atoms with Crippen molar-refractivity contribution in [2.75, 3.05) is 14.2 Å². The van der Waals surface area contributed by atoms with Gasteiger partial charge in [0.1, 0.15) is 11.5 Å². The average Bonchev–Trinajstić information content (AvgIpc) is 3.36. The minimum Gasteiger partial charge on any atom is -0.497 e. The maximum Gasteiger partial charge on any atom is 0.223 e. The molecule has 2 saturated heterocycles. The van der Waals surface area contributed by atoms with Crippen LogP contribution < -0.4 is 31.0 Å². The largest absolute Gasteiger partial charge is 0.497 e. The van der Waals surface area contributed by atoms with Crippen molar-refractivity contribution in [2.24, 2.45) is 11.8 Å². The Morgan fingerprint density at radius 1 is 0.861 bits per heavy atom. The van der Waals surface area contributed by atoms with Gasteiger partial charge in [-0.25, -0.2) is 10.9 Å². The Morgan fingerprint density at radius 3 is 2.08 bits per heavy atom. The number of methoxy groups -OCH3 is 2. The fourth-order valence-corrected chi connectivity index (χ4v) is 5.37. The predicted molar refractivity (Wildman–Crippen MR) is 139 cm³/mol. The van der Waals surface area contributed by atoms with Crippen molar-refractivity contribution in [2.45, 2.75) is 38.1 Å². The quantitative estimate of drug-likeness (QED) is 0.407. The molecule has 3 aromatic carbocycles. The molecule has 2 aliphatic heterocycles. The third-order valence-electron chi connectivity index (χ3n) is 7.42. The molecule has 0 spiro atoms. The van der Waals surface area contributed by atoms with E-state index in [1.54, 1.807) is 14.2 Å². The van der Waals surface area contributed by atoms with E-state index in [0.29, 0.717) is 13.0 Å². The summed E-state index contributed by atoms with van der Waals surface area (Å²) < 4.78 is 10.7. The van der Waals surface area contributed by atoms with E-state index in [9.17, 15) is 4.79 Å². The first-order valence-electron chi connectivity index (χ1n) is 12.4. The highest BCUT2D eigenvalue weighted by atomic mass is 16.5. The van der Waals surface area contributed by atoms with Crippen molar-refractivity contribution in [1.29, 1.82) is 0 Å². The van der Waals surface area contributed by atoms with Crippen LogP contribution in [0.25, 0.3) is 0 Å². The van der Waals surface area contributed by atoms with Crippen molar-refractivity contribution < 1.29 is 14.3 Å². The second-order valence-electron chi connectivity index (χ2n) is 9.63. The van der Waals surface area contributed by atoms with Gasteiger partial charge in [0, 0.05) is 24.4 Å². The highest BCUT2D eigenvalue weighted by Gasteiger charge is 2.49. The molecular weight excluding hydrogens is 452 g/mol. The van der Waals surface area contributed by atoms with E-state index in [0.717, 1.165) is 28.2 Å². The van der Waals surface area contributed by atoms with Crippen LogP contribution in [0.5, 0.6) is 11.5 Å². The standard InChI is InChI=1S/C29H34N4O3/c1-18-4-6-19(7-5-18)17-30-29(34)24-16-25(20-8-12-22(35-2)13-9-20)31-28-26(24)27(32-33-28)21-10-14-23(36-3)15-11-21/h4-15,24-28,31-33H,16-17H2,1-3H3,(H,30,34). The summed E-state index contributed by atoms with van der Waals surface area (Å²) in [5.74, 6) is 1.55. The SMILES string of the molecule is COc1ccc(C2CC(C(=O)NCc3ccc(C)cc3)C3C(NNC3c3ccc(OC)cc3)N2)cc1. The Bertz CT molecular complexity index is 1160. The molecule has 7 heteroatoms. The van der Waals surface area contributed by atoms with Gasteiger partial charge in [-0.15, -0.1) is 0 Å². The molecule has 0 aromatic heterocycles. The third kappa shape index (κ3) is 5.09. The molecule has 0 aliphatic carbocycles. The van der Waals surface area contributed by atoms with Gasteiger partial charge >= 0.3 is 0 Å². The molecule has 5 rings (SSSR count). The van der Waals surface area contributed by atoms with Gasteiger partial charge in [-0.05, 0) is 54.3 Å². The molecule has 0 saturated carbocycles. The van der Waals surface area contributed by atoms with Crippen LogP contribution in [0.4, 0.5) is 0 Å². The molecule has 7 nitrogen and oxygen atoms in total. The highest BCUT2D eigenvalue weighted by molar-refractivity contribution is 5.79. The Morgan fingerprint density at radius 2 is 1.47 bits per heavy atom. The normalized spacial score (nSPS) is 25.1. The van der Waals surface area contributed by atoms with Crippen molar-refractivity contribution >= 4 is 5.91 Å². The lowest BCUT2D eigenvalue weighted by Crippen LogP contribution is -2.54. The number of aryl methyl sites for hydroxylation is 1. The van der Waals surface area contributed by atoms with Gasteiger partial charge in [0.15, 0.2) is 0 Å². The number of hydrogen-bond donors (Lipinski definition) is 4. The van der Waals surface area contributed by atoms with E-state index in [1.165, 1.54) is 5.56 Å². The maximum absolute atomic E-state index is 13.7. The fraction of sp³-hybridized carbons (Fsp3) is 0.345. The van der Waals surface area contributed by atoms with Gasteiger partial charge in [0.2, 0.25) is 5.91 Å². The number of rotatable bonds is 7. The number of piperidine rings is 1. The lowest BCUT2D eigenvalue weighted by atomic mass is 9.74. The second-order valence-corrected chi connectivity index (χ2v) is 9.63. The average molecular weight is 487 g/mol. The minimum atomic E-state index is -0.191. The highest BCUT2D eigenvalue weighted by Crippen LogP contribution is 2.42. The number of amides is 1. The topological polar surface area (TPSA) is 83.7 Å². The summed E-state index contributed by atoms with van der Waals surface area (Å²) in [4.78, 5) is 13.7. The number of carbonyl (C=O) groups is 1. The molecule has 2 aliphatic rings. The van der Waals surface area contributed by atoms with Gasteiger partial charge in [0.25, 0.3) is 0 Å². The number of hydrogen-bond acceptors (Lipinski definition) is 6. The Balaban J connectivity index is 1.39. The Hall–Kier alpha value is -3.39. The number of fused-ring (bicyclic) bond motifs is 1. The van der Waals surface area contributed by atoms with E-state index < -0.39 is 0 Å². The lowest BCUT2D eigenvalue weighted by molar-refractivity contribution is -0.129. The lowest BCUT2D eigenvalue weighted by Gasteiger charge is -2.40. The molecule has 1 amide bonds. The Kier molecular flexibility index (Phi) is 7.23. The fourth-order valence-electron chi connectivity index (χ4n) is 5.37. The molecule has 2 fully saturated rings. The van der Waals surface area contributed by atoms with Crippen LogP contribution in [0.3, 0.4) is 0 Å². The predicted octanol–water partition coefficient (Wildman–Crippen LogP) is 3.77. The molecule has 188 valence electrons. The van der Waals surface area contributed by atoms with Gasteiger partial charge < -0.3 is 14.8 Å². The van der Waals surface area contributed by atoms with Crippen molar-refractivity contribution in [3.05, 3.63) is 95.1 Å². The summed E-state index contributed by atoms with van der Waals surface area (Å²) in [5, 5.41) is 6.96. The molecule has 4 N–H and O–H groups in total. The summed E-state index contributed by atoms with van der Waals surface area (Å²) in [5.41, 5.74) is 11.4. The van der Waals surface area contributed by atoms with Crippen molar-refractivity contribution in [3.8, 4) is 11.5 Å². The van der Waals surface area contributed by atoms with E-state index >= 15 is 0 Å². The smallest absolute Gasteiger partial charge is 0.223 e. The van der Waals surface area contributed by atoms with Gasteiger partial charge in [0.05, 0.1) is 26.4 Å². The van der Waals surface area contributed by atoms with E-state index in [1.807, 2.05) is 24.3 Å². The molecule has 0 radical (unpaired) electrons. The number of ether oxygens (including phenoxy) is 2. The molecule has 3 aromatic rings. The van der Waals surface area contributed by atoms with Crippen LogP contribution in [0.15, 0.2) is 72.8 Å². The third-order valence-corrected chi connectivity index (χ3v) is 7.42. The molecule has 5 unspecified atom stereocenters. The number of carbonyl (C=O) groups excluding carboxylic acids is 1. The Labute approximate surface area is 212 Å². The van der Waals surface area contributed by atoms with Crippen LogP contribution in [0.2, 0.25) is 0 Å². The van der Waals surface area contributed by atoms with Crippen molar-refractivity contribution in [1.82, 2.24) is 21.5 Å². The van der Waals surface area contributed by atoms with Gasteiger partial charge in [-0.1, -0.05) is 54.1 Å². The van der Waals surface area contributed by atoms with Crippen LogP contribution in [-0.2, 0) is 11.3 Å². The van der Waals surface area contributed by atoms with Crippen LogP contribution in [0.1, 0.15) is 40.8 Å². The van der Waals surface area contributed by atoms with Crippen LogP contribution in [0, 0.1) is 18.8 Å². The number of nitrogens with one attached hydrogen (secondary N) is 4. The first kappa shape index (κ1) is 24.3. The summed E-state index contributed by atoms with van der Waals surface area (Å²) in [7, 11) is 3.33. The number of benzene rings is 3. The van der Waals surface area contributed by atoms with Crippen LogP contribution >= 0.6 is 0 Å². The second kappa shape index (κ2) is 10.7. The molecular formula is C29H34N4O3. The molecule has 5 atom stereocenters. The first-order chi connectivity index (χ1) is 17.6. The zero-order valence-corrected chi connectivity index (χ0v) is 21.0. The maximum atomic E-state index is 13.7. The summed E-state index contributed by atoms with van der Waals surface area (Å²) in [6.45, 7) is 2.58. The monoisotopic (exact) mass is 486 g/mol. The first-order valence-corrected chi connectivity index (χ1v) is 12.4. The zero-order valence-electron chi connectivity index (χ0n) is 21.0. The summed E-state index contributed by atoms with van der Waals surface area (Å²) >= 11 is 0. The van der Waals surface area contributed by atoms with E-state index in [2.05, 4.69) is 76.9 Å². The van der Waals surface area contributed by atoms with Gasteiger partial charge in [-0.3, -0.25) is 10.1 Å². The number of hydrazine groups is 1. The molecule has 2 heterocycles. The molecule has 0 bridgehead atoms. The van der Waals surface area contributed by atoms with E-state index in [4.69, 9.17) is 9.47 Å². The van der Waals surface area contributed by atoms with E-state index in [-0.39, 0.29) is 36.0 Å².